The van der Waals surface area contributed by atoms with Crippen LogP contribution in [0.1, 0.15) is 49.7 Å². The van der Waals surface area contributed by atoms with E-state index in [-0.39, 0.29) is 17.4 Å². The molecule has 1 amide bonds. The van der Waals surface area contributed by atoms with Gasteiger partial charge in [-0.25, -0.2) is 8.78 Å². The normalized spacial score (nSPS) is 19.7. The number of halogens is 2. The molecule has 1 aromatic carbocycles. The first kappa shape index (κ1) is 13.7. The first-order valence-corrected chi connectivity index (χ1v) is 6.37. The van der Waals surface area contributed by atoms with Crippen LogP contribution in [0.3, 0.4) is 0 Å². The minimum Gasteiger partial charge on any atom is -0.330 e. The average molecular weight is 265 g/mol. The Balaban J connectivity index is 2.40. The second-order valence-electron chi connectivity index (χ2n) is 5.24. The number of hydrogen-bond acceptors (Lipinski definition) is 1. The molecule has 0 aliphatic carbocycles. The van der Waals surface area contributed by atoms with Crippen LogP contribution in [0.4, 0.5) is 8.78 Å². The lowest BCUT2D eigenvalue weighted by molar-refractivity contribution is -0.123. The van der Waals surface area contributed by atoms with E-state index in [0.717, 1.165) is 0 Å². The summed E-state index contributed by atoms with van der Waals surface area (Å²) in [6.45, 7) is 7.39. The smallest absolute Gasteiger partial charge is 0.231 e. The third kappa shape index (κ3) is 2.67. The van der Waals surface area contributed by atoms with Gasteiger partial charge in [0.15, 0.2) is 0 Å². The first-order valence-electron chi connectivity index (χ1n) is 6.37. The Morgan fingerprint density at radius 3 is 2.37 bits per heavy atom. The molecule has 1 atom stereocenters. The molecule has 1 saturated heterocycles. The van der Waals surface area contributed by atoms with Gasteiger partial charge in [0.25, 0.3) is 0 Å². The molecule has 1 aliphatic heterocycles. The van der Waals surface area contributed by atoms with Gasteiger partial charge in [-0.15, -0.1) is 0 Å². The quantitative estimate of drug-likeness (QED) is 0.869. The number of carbonyl (C=O) groups is 1. The monoisotopic (exact) mass is 265 g/mol. The Bertz CT molecular complexity index is 514. The van der Waals surface area contributed by atoms with Crippen LogP contribution in [0.5, 0.6) is 0 Å². The van der Waals surface area contributed by atoms with Crippen molar-refractivity contribution in [3.8, 4) is 0 Å². The summed E-state index contributed by atoms with van der Waals surface area (Å²) in [5, 5.41) is 2.55. The minimum atomic E-state index is -0.772. The lowest BCUT2D eigenvalue weighted by Crippen LogP contribution is -2.34. The topological polar surface area (TPSA) is 29.1 Å². The van der Waals surface area contributed by atoms with E-state index < -0.39 is 17.6 Å². The molecule has 2 rings (SSSR count). The van der Waals surface area contributed by atoms with E-state index in [1.807, 2.05) is 13.8 Å². The van der Waals surface area contributed by atoms with Gasteiger partial charge in [0, 0.05) is 11.3 Å². The van der Waals surface area contributed by atoms with Crippen LogP contribution >= 0.6 is 0 Å². The van der Waals surface area contributed by atoms with Gasteiger partial charge in [-0.2, -0.15) is 0 Å². The molecule has 0 spiro atoms. The van der Waals surface area contributed by atoms with E-state index >= 15 is 0 Å². The number of piperidine rings is 1. The van der Waals surface area contributed by atoms with Gasteiger partial charge < -0.3 is 5.32 Å². The maximum atomic E-state index is 14.1. The maximum Gasteiger partial charge on any atom is 0.231 e. The fourth-order valence-corrected chi connectivity index (χ4v) is 2.32. The number of hydrogen-bond donors (Lipinski definition) is 1. The molecule has 0 saturated carbocycles. The molecular formula is C15H17F2NO. The molecule has 102 valence electrons. The number of carbonyl (C=O) groups excluding carboxylic acids is 1. The van der Waals surface area contributed by atoms with Gasteiger partial charge in [-0.1, -0.05) is 20.4 Å². The van der Waals surface area contributed by atoms with Crippen molar-refractivity contribution < 1.29 is 13.6 Å². The molecule has 1 heterocycles. The van der Waals surface area contributed by atoms with Crippen LogP contribution in [0.25, 0.3) is 0 Å². The van der Waals surface area contributed by atoms with Crippen LogP contribution in [-0.2, 0) is 4.79 Å². The predicted octanol–water partition coefficient (Wildman–Crippen LogP) is 3.60. The van der Waals surface area contributed by atoms with Crippen LogP contribution in [-0.4, -0.2) is 5.91 Å². The zero-order valence-corrected chi connectivity index (χ0v) is 11.1. The molecule has 1 aliphatic rings. The standard InChI is InChI=1S/C15H17F2NO/c1-8(2)10-6-12(16)14(13(17)7-10)11-5-4-9(3)18-15(11)19/h6-8,11H,3-5H2,1-2H3,(H,18,19)/t11-/m0/s1. The van der Waals surface area contributed by atoms with Gasteiger partial charge in [0.05, 0.1) is 5.92 Å². The molecule has 0 aromatic heterocycles. The van der Waals surface area contributed by atoms with E-state index in [1.165, 1.54) is 12.1 Å². The lowest BCUT2D eigenvalue weighted by Gasteiger charge is -2.24. The van der Waals surface area contributed by atoms with Gasteiger partial charge in [0.2, 0.25) is 5.91 Å². The summed E-state index contributed by atoms with van der Waals surface area (Å²) < 4.78 is 28.2. The summed E-state index contributed by atoms with van der Waals surface area (Å²) in [6, 6.07) is 2.64. The van der Waals surface area contributed by atoms with Crippen molar-refractivity contribution in [2.75, 3.05) is 0 Å². The van der Waals surface area contributed by atoms with Gasteiger partial charge in [-0.3, -0.25) is 4.79 Å². The first-order chi connectivity index (χ1) is 8.90. The zero-order valence-electron chi connectivity index (χ0n) is 11.1. The molecule has 0 radical (unpaired) electrons. The predicted molar refractivity (Wildman–Crippen MR) is 69.7 cm³/mol. The third-order valence-corrected chi connectivity index (χ3v) is 3.47. The lowest BCUT2D eigenvalue weighted by atomic mass is 9.87. The van der Waals surface area contributed by atoms with Crippen molar-refractivity contribution in [3.05, 3.63) is 47.2 Å². The third-order valence-electron chi connectivity index (χ3n) is 3.47. The highest BCUT2D eigenvalue weighted by molar-refractivity contribution is 5.86. The van der Waals surface area contributed by atoms with Crippen molar-refractivity contribution in [2.45, 2.75) is 38.5 Å². The van der Waals surface area contributed by atoms with Crippen molar-refractivity contribution >= 4 is 5.91 Å². The molecule has 1 aromatic rings. The van der Waals surface area contributed by atoms with E-state index in [2.05, 4.69) is 11.9 Å². The van der Waals surface area contributed by atoms with Gasteiger partial charge in [-0.05, 0) is 36.5 Å². The molecule has 0 unspecified atom stereocenters. The summed E-state index contributed by atoms with van der Waals surface area (Å²) in [5.41, 5.74) is 1.06. The number of amides is 1. The summed E-state index contributed by atoms with van der Waals surface area (Å²) >= 11 is 0. The molecule has 2 nitrogen and oxygen atoms in total. The fraction of sp³-hybridized carbons (Fsp3) is 0.400. The van der Waals surface area contributed by atoms with E-state index in [9.17, 15) is 13.6 Å². The van der Waals surface area contributed by atoms with Crippen LogP contribution in [0.2, 0.25) is 0 Å². The highest BCUT2D eigenvalue weighted by Gasteiger charge is 2.30. The zero-order chi connectivity index (χ0) is 14.2. The minimum absolute atomic E-state index is 0.0398. The van der Waals surface area contributed by atoms with Crippen molar-refractivity contribution in [3.63, 3.8) is 0 Å². The van der Waals surface area contributed by atoms with Crippen molar-refractivity contribution in [1.82, 2.24) is 5.32 Å². The highest BCUT2D eigenvalue weighted by atomic mass is 19.1. The van der Waals surface area contributed by atoms with E-state index in [0.29, 0.717) is 24.1 Å². The molecule has 1 fully saturated rings. The SMILES string of the molecule is C=C1CC[C@@H](c2c(F)cc(C(C)C)cc2F)C(=O)N1. The number of allylic oxidation sites excluding steroid dienone is 1. The Morgan fingerprint density at radius 2 is 1.89 bits per heavy atom. The second-order valence-corrected chi connectivity index (χ2v) is 5.24. The number of benzene rings is 1. The summed E-state index contributed by atoms with van der Waals surface area (Å²) in [4.78, 5) is 11.8. The largest absolute Gasteiger partial charge is 0.330 e. The highest BCUT2D eigenvalue weighted by Crippen LogP contribution is 2.32. The molecule has 4 heteroatoms. The summed E-state index contributed by atoms with van der Waals surface area (Å²) in [5.74, 6) is -2.40. The Hall–Kier alpha value is -1.71. The molecule has 19 heavy (non-hydrogen) atoms. The number of nitrogens with one attached hydrogen (secondary N) is 1. The Labute approximate surface area is 111 Å². The Kier molecular flexibility index (Phi) is 3.69. The average Bonchev–Trinajstić information content (AvgIpc) is 2.30. The molecule has 1 N–H and O–H groups in total. The van der Waals surface area contributed by atoms with E-state index in [4.69, 9.17) is 0 Å². The van der Waals surface area contributed by atoms with Crippen molar-refractivity contribution in [2.24, 2.45) is 0 Å². The molecular weight excluding hydrogens is 248 g/mol. The summed E-state index contributed by atoms with van der Waals surface area (Å²) in [6.07, 6.45) is 0.931. The maximum absolute atomic E-state index is 14.1. The van der Waals surface area contributed by atoms with Gasteiger partial charge >= 0.3 is 0 Å². The van der Waals surface area contributed by atoms with Gasteiger partial charge in [0.1, 0.15) is 11.6 Å². The summed E-state index contributed by atoms with van der Waals surface area (Å²) in [7, 11) is 0. The van der Waals surface area contributed by atoms with Crippen LogP contribution < -0.4 is 5.32 Å². The fourth-order valence-electron chi connectivity index (χ4n) is 2.32. The Morgan fingerprint density at radius 1 is 1.32 bits per heavy atom. The number of rotatable bonds is 2. The van der Waals surface area contributed by atoms with Crippen molar-refractivity contribution in [1.29, 1.82) is 0 Å². The van der Waals surface area contributed by atoms with Crippen LogP contribution in [0.15, 0.2) is 24.4 Å². The molecule has 0 bridgehead atoms. The van der Waals surface area contributed by atoms with Crippen LogP contribution in [0, 0.1) is 11.6 Å². The van der Waals surface area contributed by atoms with E-state index in [1.54, 1.807) is 0 Å². The second kappa shape index (κ2) is 5.11.